The van der Waals surface area contributed by atoms with E-state index in [2.05, 4.69) is 5.32 Å². The third kappa shape index (κ3) is 5.56. The average Bonchev–Trinajstić information content (AvgIpc) is 2.77. The summed E-state index contributed by atoms with van der Waals surface area (Å²) in [6, 6.07) is 14.3. The van der Waals surface area contributed by atoms with Gasteiger partial charge in [-0.05, 0) is 43.2 Å². The number of nitriles is 1. The largest absolute Gasteiger partial charge is 0.342 e. The zero-order valence-corrected chi connectivity index (χ0v) is 18.4. The minimum atomic E-state index is -0.285. The SMILES string of the molecule is CN(C(=O)CSc1ccccc1C(=O)Nc1ccc(C#N)c(Cl)c1)C1CCCCC1. The van der Waals surface area contributed by atoms with Crippen molar-refractivity contribution in [3.8, 4) is 6.07 Å². The van der Waals surface area contributed by atoms with Crippen LogP contribution in [0.25, 0.3) is 0 Å². The summed E-state index contributed by atoms with van der Waals surface area (Å²) >= 11 is 7.42. The molecule has 0 aliphatic heterocycles. The molecule has 156 valence electrons. The number of hydrogen-bond acceptors (Lipinski definition) is 4. The Labute approximate surface area is 186 Å². The van der Waals surface area contributed by atoms with Crippen LogP contribution in [0.4, 0.5) is 5.69 Å². The molecule has 1 saturated carbocycles. The third-order valence-electron chi connectivity index (χ3n) is 5.35. The van der Waals surface area contributed by atoms with E-state index in [4.69, 9.17) is 16.9 Å². The average molecular weight is 442 g/mol. The Balaban J connectivity index is 1.65. The number of carbonyl (C=O) groups is 2. The second-order valence-corrected chi connectivity index (χ2v) is 8.77. The van der Waals surface area contributed by atoms with Crippen LogP contribution in [0.1, 0.15) is 48.0 Å². The maximum atomic E-state index is 12.8. The molecule has 30 heavy (non-hydrogen) atoms. The third-order valence-corrected chi connectivity index (χ3v) is 6.72. The van der Waals surface area contributed by atoms with Crippen molar-refractivity contribution in [2.24, 2.45) is 0 Å². The lowest BCUT2D eigenvalue weighted by Crippen LogP contribution is -2.39. The maximum Gasteiger partial charge on any atom is 0.256 e. The predicted molar refractivity (Wildman–Crippen MR) is 121 cm³/mol. The van der Waals surface area contributed by atoms with E-state index in [0.717, 1.165) is 17.7 Å². The molecule has 1 aliphatic carbocycles. The minimum absolute atomic E-state index is 0.0842. The van der Waals surface area contributed by atoms with Gasteiger partial charge in [-0.25, -0.2) is 0 Å². The maximum absolute atomic E-state index is 12.8. The molecule has 5 nitrogen and oxygen atoms in total. The fourth-order valence-electron chi connectivity index (χ4n) is 3.58. The lowest BCUT2D eigenvalue weighted by atomic mass is 9.94. The van der Waals surface area contributed by atoms with E-state index in [1.807, 2.05) is 30.1 Å². The number of nitrogens with zero attached hydrogens (tertiary/aromatic N) is 2. The topological polar surface area (TPSA) is 73.2 Å². The van der Waals surface area contributed by atoms with Gasteiger partial charge in [0, 0.05) is 23.7 Å². The van der Waals surface area contributed by atoms with Gasteiger partial charge < -0.3 is 10.2 Å². The van der Waals surface area contributed by atoms with Crippen LogP contribution in [0.2, 0.25) is 5.02 Å². The molecule has 2 amide bonds. The van der Waals surface area contributed by atoms with Gasteiger partial charge >= 0.3 is 0 Å². The Kier molecular flexibility index (Phi) is 7.78. The molecular weight excluding hydrogens is 418 g/mol. The molecule has 1 N–H and O–H groups in total. The Bertz CT molecular complexity index is 967. The molecule has 7 heteroatoms. The number of amides is 2. The Hall–Kier alpha value is -2.49. The van der Waals surface area contributed by atoms with Crippen molar-refractivity contribution in [3.63, 3.8) is 0 Å². The Morgan fingerprint density at radius 2 is 1.93 bits per heavy atom. The highest BCUT2D eigenvalue weighted by atomic mass is 35.5. The van der Waals surface area contributed by atoms with Gasteiger partial charge in [-0.2, -0.15) is 5.26 Å². The van der Waals surface area contributed by atoms with E-state index >= 15 is 0 Å². The van der Waals surface area contributed by atoms with Crippen molar-refractivity contribution in [2.45, 2.75) is 43.0 Å². The quantitative estimate of drug-likeness (QED) is 0.613. The molecule has 0 atom stereocenters. The van der Waals surface area contributed by atoms with Gasteiger partial charge in [0.05, 0.1) is 21.9 Å². The van der Waals surface area contributed by atoms with Crippen molar-refractivity contribution in [3.05, 3.63) is 58.6 Å². The normalized spacial score (nSPS) is 14.0. The lowest BCUT2D eigenvalue weighted by molar-refractivity contribution is -0.129. The first kappa shape index (κ1) is 22.2. The highest BCUT2D eigenvalue weighted by molar-refractivity contribution is 8.00. The first-order valence-corrected chi connectivity index (χ1v) is 11.3. The number of hydrogen-bond donors (Lipinski definition) is 1. The summed E-state index contributed by atoms with van der Waals surface area (Å²) in [5.74, 6) is 0.0907. The van der Waals surface area contributed by atoms with Crippen molar-refractivity contribution in [1.82, 2.24) is 4.90 Å². The van der Waals surface area contributed by atoms with Crippen molar-refractivity contribution < 1.29 is 9.59 Å². The molecule has 1 aliphatic rings. The van der Waals surface area contributed by atoms with Crippen LogP contribution >= 0.6 is 23.4 Å². The molecule has 0 spiro atoms. The number of nitrogens with one attached hydrogen (secondary N) is 1. The van der Waals surface area contributed by atoms with Crippen molar-refractivity contribution >= 4 is 40.9 Å². The zero-order valence-electron chi connectivity index (χ0n) is 16.9. The molecule has 0 radical (unpaired) electrons. The van der Waals surface area contributed by atoms with Gasteiger partial charge in [0.25, 0.3) is 5.91 Å². The number of halogens is 1. The van der Waals surface area contributed by atoms with Crippen LogP contribution in [0.5, 0.6) is 0 Å². The highest BCUT2D eigenvalue weighted by Gasteiger charge is 2.22. The monoisotopic (exact) mass is 441 g/mol. The van der Waals surface area contributed by atoms with Gasteiger partial charge in [-0.3, -0.25) is 9.59 Å². The summed E-state index contributed by atoms with van der Waals surface area (Å²) < 4.78 is 0. The number of rotatable bonds is 6. The molecule has 0 unspecified atom stereocenters. The van der Waals surface area contributed by atoms with Crippen LogP contribution < -0.4 is 5.32 Å². The summed E-state index contributed by atoms with van der Waals surface area (Å²) in [5.41, 5.74) is 1.36. The van der Waals surface area contributed by atoms with Crippen LogP contribution in [0, 0.1) is 11.3 Å². The van der Waals surface area contributed by atoms with Crippen LogP contribution in [0.15, 0.2) is 47.4 Å². The fraction of sp³-hybridized carbons (Fsp3) is 0.348. The van der Waals surface area contributed by atoms with Gasteiger partial charge in [-0.15, -0.1) is 11.8 Å². The lowest BCUT2D eigenvalue weighted by Gasteiger charge is -2.31. The predicted octanol–water partition coefficient (Wildman–Crippen LogP) is 5.35. The number of benzene rings is 2. The fourth-order valence-corrected chi connectivity index (χ4v) is 4.77. The van der Waals surface area contributed by atoms with E-state index < -0.39 is 0 Å². The number of thioether (sulfide) groups is 1. The minimum Gasteiger partial charge on any atom is -0.342 e. The highest BCUT2D eigenvalue weighted by Crippen LogP contribution is 2.27. The van der Waals surface area contributed by atoms with E-state index in [-0.39, 0.29) is 16.8 Å². The summed E-state index contributed by atoms with van der Waals surface area (Å²) in [7, 11) is 1.88. The van der Waals surface area contributed by atoms with Gasteiger partial charge in [-0.1, -0.05) is 43.0 Å². The summed E-state index contributed by atoms with van der Waals surface area (Å²) in [6.45, 7) is 0. The molecule has 2 aromatic rings. The molecule has 0 aromatic heterocycles. The van der Waals surface area contributed by atoms with E-state index in [1.54, 1.807) is 30.3 Å². The molecule has 3 rings (SSSR count). The second kappa shape index (κ2) is 10.5. The standard InChI is InChI=1S/C23H24ClN3O2S/c1-27(18-7-3-2-4-8-18)22(28)15-30-21-10-6-5-9-19(21)23(29)26-17-12-11-16(14-25)20(24)13-17/h5-6,9-13,18H,2-4,7-8,15H2,1H3,(H,26,29). The summed E-state index contributed by atoms with van der Waals surface area (Å²) in [4.78, 5) is 28.1. The van der Waals surface area contributed by atoms with Gasteiger partial charge in [0.2, 0.25) is 5.91 Å². The first-order valence-electron chi connectivity index (χ1n) is 9.98. The smallest absolute Gasteiger partial charge is 0.256 e. The van der Waals surface area contributed by atoms with Crippen LogP contribution in [0.3, 0.4) is 0 Å². The number of anilines is 1. The van der Waals surface area contributed by atoms with E-state index in [1.165, 1.54) is 31.0 Å². The molecule has 0 saturated heterocycles. The van der Waals surface area contributed by atoms with E-state index in [9.17, 15) is 9.59 Å². The van der Waals surface area contributed by atoms with E-state index in [0.29, 0.717) is 28.6 Å². The molecular formula is C23H24ClN3O2S. The molecule has 0 heterocycles. The molecule has 1 fully saturated rings. The van der Waals surface area contributed by atoms with Crippen LogP contribution in [-0.2, 0) is 4.79 Å². The van der Waals surface area contributed by atoms with Gasteiger partial charge in [0.1, 0.15) is 6.07 Å². The zero-order chi connectivity index (χ0) is 21.5. The molecule has 0 bridgehead atoms. The molecule has 2 aromatic carbocycles. The Morgan fingerprint density at radius 1 is 1.20 bits per heavy atom. The van der Waals surface area contributed by atoms with Crippen LogP contribution in [-0.4, -0.2) is 35.6 Å². The number of carbonyl (C=O) groups excluding carboxylic acids is 2. The summed E-state index contributed by atoms with van der Waals surface area (Å²) in [6.07, 6.45) is 5.74. The van der Waals surface area contributed by atoms with Gasteiger partial charge in [0.15, 0.2) is 0 Å². The summed E-state index contributed by atoms with van der Waals surface area (Å²) in [5, 5.41) is 12.1. The second-order valence-electron chi connectivity index (χ2n) is 7.34. The van der Waals surface area contributed by atoms with Crippen molar-refractivity contribution in [2.75, 3.05) is 18.1 Å². The Morgan fingerprint density at radius 3 is 2.63 bits per heavy atom. The van der Waals surface area contributed by atoms with Crippen molar-refractivity contribution in [1.29, 1.82) is 5.26 Å². The first-order chi connectivity index (χ1) is 14.5.